The van der Waals surface area contributed by atoms with Gasteiger partial charge in [0.25, 0.3) is 0 Å². The molecule has 0 amide bonds. The molecule has 0 aliphatic heterocycles. The number of carbonyl (C=O) groups excluding carboxylic acids is 3. The van der Waals surface area contributed by atoms with Crippen molar-refractivity contribution in [3.63, 3.8) is 0 Å². The molecule has 4 heteroatoms. The molecule has 0 aromatic heterocycles. The van der Waals surface area contributed by atoms with Crippen molar-refractivity contribution >= 4 is 17.9 Å². The Balaban J connectivity index is 4.60. The van der Waals surface area contributed by atoms with Crippen molar-refractivity contribution < 1.29 is 19.5 Å². The number of aldehydes is 1. The molecule has 80 valence electrons. The van der Waals surface area contributed by atoms with Crippen molar-refractivity contribution in [3.8, 4) is 0 Å². The number of ketones is 2. The molecule has 0 radical (unpaired) electrons. The van der Waals surface area contributed by atoms with Crippen molar-refractivity contribution in [1.29, 1.82) is 0 Å². The van der Waals surface area contributed by atoms with Crippen molar-refractivity contribution in [2.45, 2.75) is 39.2 Å². The van der Waals surface area contributed by atoms with Gasteiger partial charge in [0.1, 0.15) is 17.7 Å². The number of hydrogen-bond acceptors (Lipinski definition) is 4. The Bertz CT molecular complexity index is 245. The molecule has 0 aromatic carbocycles. The van der Waals surface area contributed by atoms with Crippen LogP contribution in [0, 0.1) is 5.92 Å². The van der Waals surface area contributed by atoms with Crippen LogP contribution >= 0.6 is 0 Å². The molecule has 14 heavy (non-hydrogen) atoms. The first kappa shape index (κ1) is 13.0. The fourth-order valence-electron chi connectivity index (χ4n) is 0.971. The minimum Gasteiger partial charge on any atom is -0.381 e. The van der Waals surface area contributed by atoms with E-state index < -0.39 is 11.4 Å². The molecule has 0 heterocycles. The number of rotatable bonds is 6. The van der Waals surface area contributed by atoms with Gasteiger partial charge in [-0.25, -0.2) is 0 Å². The van der Waals surface area contributed by atoms with E-state index in [-0.39, 0.29) is 24.5 Å². The van der Waals surface area contributed by atoms with Crippen LogP contribution in [0.25, 0.3) is 0 Å². The first-order valence-electron chi connectivity index (χ1n) is 4.53. The fourth-order valence-corrected chi connectivity index (χ4v) is 0.971. The highest BCUT2D eigenvalue weighted by molar-refractivity contribution is 5.93. The number of Topliss-reactive ketones (excluding diaryl/α,β-unsaturated/α-hetero) is 2. The molecule has 0 saturated carbocycles. The zero-order valence-corrected chi connectivity index (χ0v) is 8.74. The smallest absolute Gasteiger partial charge is 0.162 e. The van der Waals surface area contributed by atoms with Crippen LogP contribution in [-0.2, 0) is 14.4 Å². The van der Waals surface area contributed by atoms with Gasteiger partial charge in [0.05, 0.1) is 0 Å². The van der Waals surface area contributed by atoms with Gasteiger partial charge in [-0.1, -0.05) is 13.8 Å². The third-order valence-corrected chi connectivity index (χ3v) is 2.19. The summed E-state index contributed by atoms with van der Waals surface area (Å²) in [5.74, 6) is -1.00. The highest BCUT2D eigenvalue weighted by Gasteiger charge is 2.35. The Morgan fingerprint density at radius 1 is 1.43 bits per heavy atom. The zero-order valence-electron chi connectivity index (χ0n) is 8.74. The average molecular weight is 200 g/mol. The van der Waals surface area contributed by atoms with E-state index in [1.54, 1.807) is 13.8 Å². The lowest BCUT2D eigenvalue weighted by Gasteiger charge is -2.22. The molecule has 0 unspecified atom stereocenters. The first-order valence-corrected chi connectivity index (χ1v) is 4.53. The van der Waals surface area contributed by atoms with E-state index in [0.717, 1.165) is 0 Å². The molecule has 0 saturated heterocycles. The van der Waals surface area contributed by atoms with E-state index in [4.69, 9.17) is 0 Å². The molecular weight excluding hydrogens is 184 g/mol. The second-order valence-electron chi connectivity index (χ2n) is 3.76. The second kappa shape index (κ2) is 5.00. The van der Waals surface area contributed by atoms with Crippen LogP contribution < -0.4 is 0 Å². The summed E-state index contributed by atoms with van der Waals surface area (Å²) < 4.78 is 0. The van der Waals surface area contributed by atoms with E-state index in [1.165, 1.54) is 6.92 Å². The van der Waals surface area contributed by atoms with Crippen molar-refractivity contribution in [3.05, 3.63) is 0 Å². The summed E-state index contributed by atoms with van der Waals surface area (Å²) in [5.41, 5.74) is -1.80. The maximum Gasteiger partial charge on any atom is 0.162 e. The lowest BCUT2D eigenvalue weighted by atomic mass is 9.87. The second-order valence-corrected chi connectivity index (χ2v) is 3.76. The Morgan fingerprint density at radius 2 is 1.93 bits per heavy atom. The van der Waals surface area contributed by atoms with E-state index >= 15 is 0 Å². The molecule has 0 bridgehead atoms. The summed E-state index contributed by atoms with van der Waals surface area (Å²) in [7, 11) is 0. The molecule has 1 N–H and O–H groups in total. The number of hydrogen-bond donors (Lipinski definition) is 1. The largest absolute Gasteiger partial charge is 0.381 e. The monoisotopic (exact) mass is 200 g/mol. The van der Waals surface area contributed by atoms with E-state index in [0.29, 0.717) is 6.29 Å². The van der Waals surface area contributed by atoms with Gasteiger partial charge in [0.2, 0.25) is 0 Å². The molecule has 0 aliphatic carbocycles. The van der Waals surface area contributed by atoms with Crippen molar-refractivity contribution in [2.24, 2.45) is 5.92 Å². The highest BCUT2D eigenvalue weighted by atomic mass is 16.3. The molecule has 0 spiro atoms. The summed E-state index contributed by atoms with van der Waals surface area (Å²) >= 11 is 0. The van der Waals surface area contributed by atoms with Crippen LogP contribution in [0.2, 0.25) is 0 Å². The quantitative estimate of drug-likeness (QED) is 0.634. The van der Waals surface area contributed by atoms with Gasteiger partial charge in [-0.05, 0) is 6.92 Å². The van der Waals surface area contributed by atoms with Crippen LogP contribution in [0.4, 0.5) is 0 Å². The van der Waals surface area contributed by atoms with Gasteiger partial charge in [-0.3, -0.25) is 9.59 Å². The maximum absolute atomic E-state index is 11.3. The lowest BCUT2D eigenvalue weighted by Crippen LogP contribution is -2.40. The topological polar surface area (TPSA) is 71.4 Å². The van der Waals surface area contributed by atoms with E-state index in [2.05, 4.69) is 0 Å². The van der Waals surface area contributed by atoms with Crippen molar-refractivity contribution in [2.75, 3.05) is 0 Å². The van der Waals surface area contributed by atoms with E-state index in [1.807, 2.05) is 0 Å². The van der Waals surface area contributed by atoms with Crippen LogP contribution in [0.15, 0.2) is 0 Å². The Labute approximate surface area is 83.3 Å². The van der Waals surface area contributed by atoms with E-state index in [9.17, 15) is 19.5 Å². The molecule has 0 fully saturated rings. The van der Waals surface area contributed by atoms with Gasteiger partial charge in [-0.2, -0.15) is 0 Å². The molecule has 0 rings (SSSR count). The minimum atomic E-state index is -1.80. The summed E-state index contributed by atoms with van der Waals surface area (Å²) in [6, 6.07) is 0. The Kier molecular flexibility index (Phi) is 4.63. The zero-order chi connectivity index (χ0) is 11.4. The third-order valence-electron chi connectivity index (χ3n) is 2.19. The first-order chi connectivity index (χ1) is 6.33. The Hall–Kier alpha value is -1.03. The SMILES string of the molecule is CC(=O)[C@](O)(CC=O)CC(=O)C(C)C. The predicted molar refractivity (Wildman–Crippen MR) is 50.8 cm³/mol. The standard InChI is InChI=1S/C10H16O4/c1-7(2)9(13)6-10(14,4-5-11)8(3)12/h5,7,14H,4,6H2,1-3H3/t10-/m0/s1. The average Bonchev–Trinajstić information content (AvgIpc) is 2.03. The highest BCUT2D eigenvalue weighted by Crippen LogP contribution is 2.18. The number of aliphatic hydroxyl groups is 1. The summed E-state index contributed by atoms with van der Waals surface area (Å²) in [6.07, 6.45) is -0.144. The van der Waals surface area contributed by atoms with Crippen LogP contribution in [0.3, 0.4) is 0 Å². The maximum atomic E-state index is 11.3. The molecule has 0 aromatic rings. The van der Waals surface area contributed by atoms with Gasteiger partial charge in [0.15, 0.2) is 5.78 Å². The molecular formula is C10H16O4. The van der Waals surface area contributed by atoms with Gasteiger partial charge >= 0.3 is 0 Å². The number of carbonyl (C=O) groups is 3. The molecule has 1 atom stereocenters. The minimum absolute atomic E-state index is 0.218. The van der Waals surface area contributed by atoms with Gasteiger partial charge in [0, 0.05) is 18.8 Å². The van der Waals surface area contributed by atoms with Crippen LogP contribution in [0.1, 0.15) is 33.6 Å². The van der Waals surface area contributed by atoms with Gasteiger partial charge in [-0.15, -0.1) is 0 Å². The molecule has 0 aliphatic rings. The predicted octanol–water partition coefficient (Wildman–Crippen LogP) is 0.511. The Morgan fingerprint density at radius 3 is 2.21 bits per heavy atom. The fraction of sp³-hybridized carbons (Fsp3) is 0.700. The normalized spacial score (nSPS) is 14.9. The molecule has 4 nitrogen and oxygen atoms in total. The van der Waals surface area contributed by atoms with Crippen molar-refractivity contribution in [1.82, 2.24) is 0 Å². The summed E-state index contributed by atoms with van der Waals surface area (Å²) in [5, 5.41) is 9.71. The van der Waals surface area contributed by atoms with Crippen LogP contribution in [0.5, 0.6) is 0 Å². The third kappa shape index (κ3) is 3.38. The summed E-state index contributed by atoms with van der Waals surface area (Å²) in [6.45, 7) is 4.55. The lowest BCUT2D eigenvalue weighted by molar-refractivity contribution is -0.144. The van der Waals surface area contributed by atoms with Crippen LogP contribution in [-0.4, -0.2) is 28.6 Å². The summed E-state index contributed by atoms with van der Waals surface area (Å²) in [4.78, 5) is 32.6. The van der Waals surface area contributed by atoms with Gasteiger partial charge < -0.3 is 9.90 Å².